The molecule has 2 aromatic rings. The maximum atomic E-state index is 12.8. The van der Waals surface area contributed by atoms with Crippen molar-refractivity contribution in [3.8, 4) is 0 Å². The number of amides is 1. The number of benzene rings is 1. The van der Waals surface area contributed by atoms with Crippen LogP contribution >= 0.6 is 24.0 Å². The average molecular weight is 357 g/mol. The van der Waals surface area contributed by atoms with E-state index in [9.17, 15) is 4.79 Å². The fourth-order valence-corrected chi connectivity index (χ4v) is 3.42. The van der Waals surface area contributed by atoms with Crippen LogP contribution in [-0.2, 0) is 0 Å². The first kappa shape index (κ1) is 18.1. The zero-order valence-electron chi connectivity index (χ0n) is 13.4. The highest BCUT2D eigenvalue weighted by Gasteiger charge is 2.28. The molecule has 1 fully saturated rings. The van der Waals surface area contributed by atoms with E-state index >= 15 is 0 Å². The van der Waals surface area contributed by atoms with E-state index in [2.05, 4.69) is 5.32 Å². The lowest BCUT2D eigenvalue weighted by atomic mass is 9.97. The highest BCUT2D eigenvalue weighted by atomic mass is 35.5. The van der Waals surface area contributed by atoms with Gasteiger partial charge >= 0.3 is 0 Å². The van der Waals surface area contributed by atoms with Gasteiger partial charge in [0.25, 0.3) is 5.91 Å². The van der Waals surface area contributed by atoms with Crippen molar-refractivity contribution in [1.29, 1.82) is 0 Å². The van der Waals surface area contributed by atoms with Gasteiger partial charge in [0, 0.05) is 29.1 Å². The number of furan rings is 1. The van der Waals surface area contributed by atoms with E-state index in [1.807, 2.05) is 31.0 Å². The van der Waals surface area contributed by atoms with Gasteiger partial charge in [0.1, 0.15) is 5.58 Å². The predicted molar refractivity (Wildman–Crippen MR) is 95.8 cm³/mol. The average Bonchev–Trinajstić information content (AvgIpc) is 2.84. The van der Waals surface area contributed by atoms with Gasteiger partial charge in [-0.1, -0.05) is 11.6 Å². The lowest BCUT2D eigenvalue weighted by molar-refractivity contribution is 0.0643. The van der Waals surface area contributed by atoms with E-state index in [1.165, 1.54) is 6.42 Å². The second kappa shape index (κ2) is 7.56. The summed E-state index contributed by atoms with van der Waals surface area (Å²) in [6.07, 6.45) is 2.21. The lowest BCUT2D eigenvalue weighted by Gasteiger charge is -2.32. The number of carbonyl (C=O) groups is 1. The van der Waals surface area contributed by atoms with Gasteiger partial charge in [-0.05, 0) is 57.5 Å². The molecule has 2 heterocycles. The normalized spacial score (nSPS) is 18.0. The van der Waals surface area contributed by atoms with Gasteiger partial charge in [0.2, 0.25) is 0 Å². The standard InChI is InChI=1S/C17H21ClN2O2.ClH/c1-11-14-8-13(18)5-6-15(14)22-16(11)17(21)20-7-3-4-12(10-20)9-19-2;/h5-6,8,12,19H,3-4,7,9-10H2,1-2H3;1H. The van der Waals surface area contributed by atoms with Crippen molar-refractivity contribution >= 4 is 40.9 Å². The number of likely N-dealkylation sites (tertiary alicyclic amines) is 1. The third kappa shape index (κ3) is 3.65. The fourth-order valence-electron chi connectivity index (χ4n) is 3.25. The molecular weight excluding hydrogens is 335 g/mol. The number of hydrogen-bond donors (Lipinski definition) is 1. The van der Waals surface area contributed by atoms with Crippen LogP contribution in [0.25, 0.3) is 11.0 Å². The van der Waals surface area contributed by atoms with Gasteiger partial charge in [-0.2, -0.15) is 0 Å². The number of fused-ring (bicyclic) bond motifs is 1. The third-order valence-electron chi connectivity index (χ3n) is 4.39. The SMILES string of the molecule is CNCC1CCCN(C(=O)c2oc3ccc(Cl)cc3c2C)C1.Cl. The van der Waals surface area contributed by atoms with Crippen molar-refractivity contribution in [2.24, 2.45) is 5.92 Å². The van der Waals surface area contributed by atoms with Crippen LogP contribution < -0.4 is 5.32 Å². The molecule has 1 N–H and O–H groups in total. The quantitative estimate of drug-likeness (QED) is 0.907. The Hall–Kier alpha value is -1.23. The largest absolute Gasteiger partial charge is 0.451 e. The molecule has 1 aliphatic rings. The molecule has 23 heavy (non-hydrogen) atoms. The Morgan fingerprint density at radius 2 is 2.26 bits per heavy atom. The molecule has 1 aromatic carbocycles. The Bertz CT molecular complexity index is 697. The van der Waals surface area contributed by atoms with E-state index in [0.29, 0.717) is 22.3 Å². The highest BCUT2D eigenvalue weighted by molar-refractivity contribution is 6.31. The van der Waals surface area contributed by atoms with Crippen molar-refractivity contribution in [3.63, 3.8) is 0 Å². The Balaban J connectivity index is 0.00000192. The summed E-state index contributed by atoms with van der Waals surface area (Å²) >= 11 is 6.04. The van der Waals surface area contributed by atoms with Crippen LogP contribution in [0.2, 0.25) is 5.02 Å². The van der Waals surface area contributed by atoms with E-state index in [-0.39, 0.29) is 18.3 Å². The molecule has 0 bridgehead atoms. The lowest BCUT2D eigenvalue weighted by Crippen LogP contribution is -2.42. The summed E-state index contributed by atoms with van der Waals surface area (Å²) in [5.41, 5.74) is 1.59. The Morgan fingerprint density at radius 3 is 3.00 bits per heavy atom. The zero-order valence-corrected chi connectivity index (χ0v) is 15.0. The number of rotatable bonds is 3. The van der Waals surface area contributed by atoms with E-state index in [1.54, 1.807) is 6.07 Å². The number of carbonyl (C=O) groups excluding carboxylic acids is 1. The molecule has 0 spiro atoms. The third-order valence-corrected chi connectivity index (χ3v) is 4.63. The molecule has 1 saturated heterocycles. The Morgan fingerprint density at radius 1 is 1.48 bits per heavy atom. The van der Waals surface area contributed by atoms with Gasteiger partial charge in [-0.3, -0.25) is 4.79 Å². The van der Waals surface area contributed by atoms with Crippen LogP contribution in [-0.4, -0.2) is 37.5 Å². The summed E-state index contributed by atoms with van der Waals surface area (Å²) in [7, 11) is 1.95. The van der Waals surface area contributed by atoms with Crippen LogP contribution in [0.5, 0.6) is 0 Å². The molecule has 1 aromatic heterocycles. The molecule has 0 radical (unpaired) electrons. The molecule has 0 aliphatic carbocycles. The van der Waals surface area contributed by atoms with E-state index < -0.39 is 0 Å². The number of nitrogens with zero attached hydrogens (tertiary/aromatic N) is 1. The van der Waals surface area contributed by atoms with Crippen LogP contribution in [0.3, 0.4) is 0 Å². The number of aryl methyl sites for hydroxylation is 1. The summed E-state index contributed by atoms with van der Waals surface area (Å²) in [5, 5.41) is 4.77. The smallest absolute Gasteiger partial charge is 0.289 e. The first-order chi connectivity index (χ1) is 10.6. The second-order valence-corrected chi connectivity index (χ2v) is 6.45. The maximum Gasteiger partial charge on any atom is 0.289 e. The topological polar surface area (TPSA) is 45.5 Å². The molecule has 3 rings (SSSR count). The first-order valence-corrected chi connectivity index (χ1v) is 8.10. The number of halogens is 2. The number of hydrogen-bond acceptors (Lipinski definition) is 3. The molecule has 1 amide bonds. The highest BCUT2D eigenvalue weighted by Crippen LogP contribution is 2.29. The van der Waals surface area contributed by atoms with Crippen LogP contribution in [0.4, 0.5) is 0 Å². The molecule has 0 saturated carbocycles. The van der Waals surface area contributed by atoms with Crippen molar-refractivity contribution < 1.29 is 9.21 Å². The van der Waals surface area contributed by atoms with Gasteiger partial charge < -0.3 is 14.6 Å². The zero-order chi connectivity index (χ0) is 15.7. The van der Waals surface area contributed by atoms with Crippen LogP contribution in [0.15, 0.2) is 22.6 Å². The summed E-state index contributed by atoms with van der Waals surface area (Å²) in [4.78, 5) is 14.7. The fraction of sp³-hybridized carbons (Fsp3) is 0.471. The minimum absolute atomic E-state index is 0. The van der Waals surface area contributed by atoms with Crippen molar-refractivity contribution in [2.45, 2.75) is 19.8 Å². The number of nitrogens with one attached hydrogen (secondary N) is 1. The van der Waals surface area contributed by atoms with Crippen molar-refractivity contribution in [2.75, 3.05) is 26.7 Å². The van der Waals surface area contributed by atoms with E-state index in [0.717, 1.165) is 37.0 Å². The molecular formula is C17H22Cl2N2O2. The minimum Gasteiger partial charge on any atom is -0.451 e. The molecule has 1 atom stereocenters. The second-order valence-electron chi connectivity index (χ2n) is 6.01. The molecule has 4 nitrogen and oxygen atoms in total. The van der Waals surface area contributed by atoms with Crippen molar-refractivity contribution in [1.82, 2.24) is 10.2 Å². The molecule has 6 heteroatoms. The monoisotopic (exact) mass is 356 g/mol. The van der Waals surface area contributed by atoms with Crippen molar-refractivity contribution in [3.05, 3.63) is 34.5 Å². The van der Waals surface area contributed by atoms with Gasteiger partial charge in [-0.15, -0.1) is 12.4 Å². The minimum atomic E-state index is -0.00868. The van der Waals surface area contributed by atoms with Gasteiger partial charge in [0.15, 0.2) is 5.76 Å². The Labute approximate surface area is 147 Å². The maximum absolute atomic E-state index is 12.8. The van der Waals surface area contributed by atoms with Crippen LogP contribution in [0, 0.1) is 12.8 Å². The van der Waals surface area contributed by atoms with Gasteiger partial charge in [0.05, 0.1) is 0 Å². The summed E-state index contributed by atoms with van der Waals surface area (Å²) in [6.45, 7) is 4.45. The van der Waals surface area contributed by atoms with Gasteiger partial charge in [-0.25, -0.2) is 0 Å². The summed E-state index contributed by atoms with van der Waals surface area (Å²) in [6, 6.07) is 5.46. The first-order valence-electron chi connectivity index (χ1n) is 7.72. The Kier molecular flexibility index (Phi) is 5.95. The van der Waals surface area contributed by atoms with E-state index in [4.69, 9.17) is 16.0 Å². The number of piperidine rings is 1. The molecule has 1 aliphatic heterocycles. The molecule has 126 valence electrons. The van der Waals surface area contributed by atoms with Crippen LogP contribution in [0.1, 0.15) is 29.0 Å². The molecule has 1 unspecified atom stereocenters. The summed E-state index contributed by atoms with van der Waals surface area (Å²) < 4.78 is 5.80. The predicted octanol–water partition coefficient (Wildman–Crippen LogP) is 3.89. The summed E-state index contributed by atoms with van der Waals surface area (Å²) in [5.74, 6) is 0.954.